The van der Waals surface area contributed by atoms with E-state index in [-0.39, 0.29) is 18.2 Å². The van der Waals surface area contributed by atoms with Crippen LogP contribution in [0.5, 0.6) is 5.75 Å². The van der Waals surface area contributed by atoms with Gasteiger partial charge in [-0.3, -0.25) is 14.5 Å². The normalized spacial score (nSPS) is 13.4. The van der Waals surface area contributed by atoms with Gasteiger partial charge in [-0.15, -0.1) is 0 Å². The van der Waals surface area contributed by atoms with Gasteiger partial charge in [-0.2, -0.15) is 0 Å². The van der Waals surface area contributed by atoms with Crippen LogP contribution in [0.15, 0.2) is 42.5 Å². The summed E-state index contributed by atoms with van der Waals surface area (Å²) in [6, 6.07) is 11.9. The van der Waals surface area contributed by atoms with E-state index in [4.69, 9.17) is 11.2 Å². The molecule has 3 unspecified atom stereocenters. The van der Waals surface area contributed by atoms with E-state index in [0.717, 1.165) is 28.9 Å². The number of nitrogens with zero attached hydrogens (tertiary/aromatic N) is 1. The highest BCUT2D eigenvalue weighted by atomic mass is 16.6. The van der Waals surface area contributed by atoms with Crippen LogP contribution in [-0.2, 0) is 20.7 Å². The van der Waals surface area contributed by atoms with Crippen LogP contribution in [-0.4, -0.2) is 45.6 Å². The van der Waals surface area contributed by atoms with Crippen LogP contribution in [0, 0.1) is 26.3 Å². The third-order valence-electron chi connectivity index (χ3n) is 6.17. The number of alkyl carbamates (subject to hydrolysis) is 1. The second-order valence-electron chi connectivity index (χ2n) is 10.8. The Morgan fingerprint density at radius 3 is 2.15 bits per heavy atom. The van der Waals surface area contributed by atoms with E-state index >= 15 is 0 Å². The highest BCUT2D eigenvalue weighted by Gasteiger charge is 2.37. The minimum absolute atomic E-state index is 0.0594. The molecule has 0 saturated carbocycles. The first-order valence-corrected chi connectivity index (χ1v) is 13.2. The quantitative estimate of drug-likeness (QED) is 0.296. The Morgan fingerprint density at radius 1 is 1.05 bits per heavy atom. The van der Waals surface area contributed by atoms with Gasteiger partial charge in [-0.25, -0.2) is 4.79 Å². The van der Waals surface area contributed by atoms with Gasteiger partial charge in [0.15, 0.2) is 0 Å². The lowest BCUT2D eigenvalue weighted by Gasteiger charge is -2.32. The van der Waals surface area contributed by atoms with Gasteiger partial charge < -0.3 is 20.5 Å². The summed E-state index contributed by atoms with van der Waals surface area (Å²) in [6.07, 6.45) is 6.83. The van der Waals surface area contributed by atoms with Gasteiger partial charge >= 0.3 is 6.09 Å². The zero-order valence-corrected chi connectivity index (χ0v) is 24.0. The number of ether oxygens (including phenoxy) is 1. The topological polar surface area (TPSA) is 108 Å². The van der Waals surface area contributed by atoms with Gasteiger partial charge in [0.2, 0.25) is 5.91 Å². The summed E-state index contributed by atoms with van der Waals surface area (Å²) in [5, 5.41) is 15.3. The molecule has 0 bridgehead atoms. The maximum Gasteiger partial charge on any atom is 0.408 e. The number of terminal acetylenes is 1. The first-order chi connectivity index (χ1) is 18.3. The first-order valence-electron chi connectivity index (χ1n) is 13.2. The molecule has 2 aromatic carbocycles. The van der Waals surface area contributed by atoms with Gasteiger partial charge in [-0.05, 0) is 82.3 Å². The number of hydrogen-bond acceptors (Lipinski definition) is 5. The highest BCUT2D eigenvalue weighted by Crippen LogP contribution is 2.29. The standard InChI is InChI=1S/C31H41N3O5/c1-9-12-22(5)32-28(36)27(26-20(3)13-11-14-21(26)4)34(10-2)29(37)25(33-30(38)39-31(6,7)8)19-23-15-17-24(35)18-16-23/h2,11,13-18,22,25,27,35H,9,12,19H2,1,3-8H3,(H,32,36)(H,33,38). The minimum Gasteiger partial charge on any atom is -0.508 e. The summed E-state index contributed by atoms with van der Waals surface area (Å²) in [4.78, 5) is 41.6. The fourth-order valence-electron chi connectivity index (χ4n) is 4.41. The highest BCUT2D eigenvalue weighted by molar-refractivity contribution is 5.94. The number of aryl methyl sites for hydroxylation is 2. The third-order valence-corrected chi connectivity index (χ3v) is 6.17. The molecule has 0 fully saturated rings. The first kappa shape index (κ1) is 31.2. The van der Waals surface area contributed by atoms with Crippen LogP contribution in [0.1, 0.15) is 75.8 Å². The smallest absolute Gasteiger partial charge is 0.408 e. The van der Waals surface area contributed by atoms with E-state index in [1.807, 2.05) is 45.9 Å². The molecule has 0 aliphatic carbocycles. The predicted molar refractivity (Wildman–Crippen MR) is 152 cm³/mol. The molecule has 0 radical (unpaired) electrons. The van der Waals surface area contributed by atoms with Crippen LogP contribution in [0.3, 0.4) is 0 Å². The summed E-state index contributed by atoms with van der Waals surface area (Å²) in [5.41, 5.74) is 2.12. The summed E-state index contributed by atoms with van der Waals surface area (Å²) in [7, 11) is 0. The van der Waals surface area contributed by atoms with Crippen molar-refractivity contribution in [3.63, 3.8) is 0 Å². The Labute approximate surface area is 232 Å². The molecule has 0 spiro atoms. The number of aromatic hydroxyl groups is 1. The number of carbonyl (C=O) groups is 3. The van der Waals surface area contributed by atoms with Crippen molar-refractivity contribution >= 4 is 17.9 Å². The van der Waals surface area contributed by atoms with Crippen molar-refractivity contribution in [1.29, 1.82) is 0 Å². The number of nitrogens with one attached hydrogen (secondary N) is 2. The number of carbonyl (C=O) groups excluding carboxylic acids is 3. The largest absolute Gasteiger partial charge is 0.508 e. The number of benzene rings is 2. The van der Waals surface area contributed by atoms with E-state index in [1.165, 1.54) is 12.1 Å². The Balaban J connectivity index is 2.55. The molecule has 3 N–H and O–H groups in total. The van der Waals surface area contributed by atoms with Crippen molar-refractivity contribution in [1.82, 2.24) is 15.5 Å². The minimum atomic E-state index is -1.15. The van der Waals surface area contributed by atoms with E-state index in [9.17, 15) is 19.5 Å². The lowest BCUT2D eigenvalue weighted by Crippen LogP contribution is -2.53. The maximum absolute atomic E-state index is 14.1. The van der Waals surface area contributed by atoms with Crippen LogP contribution in [0.4, 0.5) is 4.79 Å². The molecule has 2 aromatic rings. The van der Waals surface area contributed by atoms with Crippen molar-refractivity contribution in [3.8, 4) is 18.2 Å². The predicted octanol–water partition coefficient (Wildman–Crippen LogP) is 4.91. The van der Waals surface area contributed by atoms with E-state index in [1.54, 1.807) is 32.9 Å². The molecule has 8 nitrogen and oxygen atoms in total. The van der Waals surface area contributed by atoms with Crippen LogP contribution >= 0.6 is 0 Å². The summed E-state index contributed by atoms with van der Waals surface area (Å²) in [5.74, 6) is -0.970. The number of amides is 3. The van der Waals surface area contributed by atoms with Crippen molar-refractivity contribution in [2.75, 3.05) is 0 Å². The Hall–Kier alpha value is -3.99. The molecule has 0 aromatic heterocycles. The van der Waals surface area contributed by atoms with E-state index in [2.05, 4.69) is 16.7 Å². The molecule has 0 aliphatic rings. The van der Waals surface area contributed by atoms with E-state index < -0.39 is 35.6 Å². The zero-order chi connectivity index (χ0) is 29.3. The summed E-state index contributed by atoms with van der Waals surface area (Å²) < 4.78 is 5.41. The lowest BCUT2D eigenvalue weighted by atomic mass is 9.93. The van der Waals surface area contributed by atoms with Gasteiger partial charge in [0.05, 0.1) is 0 Å². The molecule has 3 atom stereocenters. The zero-order valence-electron chi connectivity index (χ0n) is 24.0. The summed E-state index contributed by atoms with van der Waals surface area (Å²) >= 11 is 0. The molecule has 210 valence electrons. The summed E-state index contributed by atoms with van der Waals surface area (Å²) in [6.45, 7) is 12.8. The van der Waals surface area contributed by atoms with Crippen LogP contribution in [0.2, 0.25) is 0 Å². The van der Waals surface area contributed by atoms with Gasteiger partial charge in [0, 0.05) is 18.5 Å². The molecule has 0 saturated heterocycles. The Morgan fingerprint density at radius 2 is 1.64 bits per heavy atom. The Kier molecular flexibility index (Phi) is 11.0. The van der Waals surface area contributed by atoms with Crippen molar-refractivity contribution in [3.05, 3.63) is 64.7 Å². The molecule has 2 rings (SSSR count). The fraction of sp³-hybridized carbons (Fsp3) is 0.452. The average Bonchev–Trinajstić information content (AvgIpc) is 2.83. The lowest BCUT2D eigenvalue weighted by molar-refractivity contribution is -0.138. The average molecular weight is 536 g/mol. The molecule has 0 heterocycles. The molecule has 3 amide bonds. The molecule has 0 aliphatic heterocycles. The van der Waals surface area contributed by atoms with Crippen molar-refractivity contribution in [2.45, 2.75) is 91.5 Å². The van der Waals surface area contributed by atoms with Gasteiger partial charge in [-0.1, -0.05) is 50.1 Å². The number of hydrogen-bond donors (Lipinski definition) is 3. The van der Waals surface area contributed by atoms with Crippen molar-refractivity contribution < 1.29 is 24.2 Å². The number of phenolic OH excluding ortho intramolecular Hbond substituents is 1. The SMILES string of the molecule is C#CN(C(=O)C(Cc1ccc(O)cc1)NC(=O)OC(C)(C)C)C(C(=O)NC(C)CCC)c1c(C)cccc1C. The van der Waals surface area contributed by atoms with Crippen molar-refractivity contribution in [2.24, 2.45) is 0 Å². The second-order valence-corrected chi connectivity index (χ2v) is 10.8. The van der Waals surface area contributed by atoms with Gasteiger partial charge in [0.1, 0.15) is 23.4 Å². The fourth-order valence-corrected chi connectivity index (χ4v) is 4.41. The second kappa shape index (κ2) is 13.7. The molecule has 8 heteroatoms. The number of phenols is 1. The van der Waals surface area contributed by atoms with Crippen LogP contribution in [0.25, 0.3) is 0 Å². The Bertz CT molecular complexity index is 1170. The number of rotatable bonds is 10. The van der Waals surface area contributed by atoms with E-state index in [0.29, 0.717) is 11.1 Å². The monoisotopic (exact) mass is 535 g/mol. The van der Waals surface area contributed by atoms with Gasteiger partial charge in [0.25, 0.3) is 5.91 Å². The molecular formula is C31H41N3O5. The maximum atomic E-state index is 14.1. The third kappa shape index (κ3) is 9.06. The molecular weight excluding hydrogens is 494 g/mol. The molecule has 39 heavy (non-hydrogen) atoms. The van der Waals surface area contributed by atoms with Crippen LogP contribution < -0.4 is 10.6 Å².